The molecule has 0 bridgehead atoms. The van der Waals surface area contributed by atoms with Crippen molar-refractivity contribution in [2.45, 2.75) is 0 Å². The number of rotatable bonds is 6. The Morgan fingerprint density at radius 3 is 2.56 bits per heavy atom. The number of nitrogens with one attached hydrogen (secondary N) is 2. The van der Waals surface area contributed by atoms with Crippen LogP contribution in [-0.4, -0.2) is 30.9 Å². The van der Waals surface area contributed by atoms with Gasteiger partial charge >= 0.3 is 5.97 Å². The van der Waals surface area contributed by atoms with Crippen LogP contribution in [0.3, 0.4) is 0 Å². The van der Waals surface area contributed by atoms with Crippen molar-refractivity contribution in [3.05, 3.63) is 71.1 Å². The molecule has 1 heterocycles. The van der Waals surface area contributed by atoms with Crippen LogP contribution in [0.2, 0.25) is 5.02 Å². The highest BCUT2D eigenvalue weighted by molar-refractivity contribution is 6.30. The molecule has 0 aliphatic carbocycles. The van der Waals surface area contributed by atoms with Gasteiger partial charge in [0.1, 0.15) is 0 Å². The summed E-state index contributed by atoms with van der Waals surface area (Å²) in [5.74, 6) is -2.01. The first-order valence-electron chi connectivity index (χ1n) is 7.98. The maximum Gasteiger partial charge on any atom is 0.347 e. The number of carbonyl (C=O) groups excluding carboxylic acids is 3. The normalized spacial score (nSPS) is 13.1. The van der Waals surface area contributed by atoms with E-state index in [9.17, 15) is 14.4 Å². The van der Waals surface area contributed by atoms with Crippen molar-refractivity contribution in [1.29, 1.82) is 0 Å². The van der Waals surface area contributed by atoms with Crippen molar-refractivity contribution in [2.24, 2.45) is 0 Å². The number of hydrogen-bond acceptors (Lipinski definition) is 6. The molecule has 0 spiro atoms. The topological polar surface area (TPSA) is 93.7 Å². The van der Waals surface area contributed by atoms with Crippen LogP contribution in [0.1, 0.15) is 0 Å². The van der Waals surface area contributed by atoms with Gasteiger partial charge in [0.2, 0.25) is 11.7 Å². The van der Waals surface area contributed by atoms with Crippen molar-refractivity contribution in [3.63, 3.8) is 0 Å². The minimum Gasteiger partial charge on any atom is -0.470 e. The first-order valence-corrected chi connectivity index (χ1v) is 8.35. The molecule has 8 heteroatoms. The van der Waals surface area contributed by atoms with Crippen LogP contribution < -0.4 is 10.6 Å². The number of halogens is 1. The summed E-state index contributed by atoms with van der Waals surface area (Å²) in [7, 11) is 0. The summed E-state index contributed by atoms with van der Waals surface area (Å²) in [6.45, 7) is -0.824. The Kier molecular flexibility index (Phi) is 5.73. The molecule has 0 aromatic heterocycles. The molecule has 27 heavy (non-hydrogen) atoms. The summed E-state index contributed by atoms with van der Waals surface area (Å²) >= 11 is 5.84. The molecule has 0 unspecified atom stereocenters. The Morgan fingerprint density at radius 1 is 1.07 bits per heavy atom. The number of esters is 1. The average molecular weight is 387 g/mol. The molecular formula is C19H15ClN2O5. The third-order valence-electron chi connectivity index (χ3n) is 3.53. The zero-order valence-electron chi connectivity index (χ0n) is 14.0. The smallest absolute Gasteiger partial charge is 0.347 e. The summed E-state index contributed by atoms with van der Waals surface area (Å²) < 4.78 is 10.2. The average Bonchev–Trinajstić information content (AvgIpc) is 3.01. The van der Waals surface area contributed by atoms with Gasteiger partial charge in [-0.25, -0.2) is 4.79 Å². The predicted octanol–water partition coefficient (Wildman–Crippen LogP) is 2.74. The number of ether oxygens (including phenoxy) is 2. The van der Waals surface area contributed by atoms with Gasteiger partial charge in [0.05, 0.1) is 0 Å². The van der Waals surface area contributed by atoms with Crippen LogP contribution in [0.15, 0.2) is 66.1 Å². The van der Waals surface area contributed by atoms with Crippen LogP contribution >= 0.6 is 11.6 Å². The Bertz CT molecular complexity index is 911. The molecule has 1 aliphatic heterocycles. The second kappa shape index (κ2) is 8.37. The Balaban J connectivity index is 1.62. The van der Waals surface area contributed by atoms with Gasteiger partial charge in [-0.2, -0.15) is 0 Å². The van der Waals surface area contributed by atoms with Gasteiger partial charge < -0.3 is 20.1 Å². The predicted molar refractivity (Wildman–Crippen MR) is 99.1 cm³/mol. The minimum atomic E-state index is -0.933. The van der Waals surface area contributed by atoms with Crippen LogP contribution in [0.4, 0.5) is 11.4 Å². The van der Waals surface area contributed by atoms with Crippen molar-refractivity contribution in [1.82, 2.24) is 0 Å². The van der Waals surface area contributed by atoms with Gasteiger partial charge in [-0.1, -0.05) is 35.9 Å². The summed E-state index contributed by atoms with van der Waals surface area (Å²) in [5, 5.41) is 5.86. The molecule has 7 nitrogen and oxygen atoms in total. The van der Waals surface area contributed by atoms with Gasteiger partial charge in [-0.3, -0.25) is 9.59 Å². The number of anilines is 2. The van der Waals surface area contributed by atoms with Crippen molar-refractivity contribution < 1.29 is 23.9 Å². The van der Waals surface area contributed by atoms with E-state index in [-0.39, 0.29) is 18.1 Å². The van der Waals surface area contributed by atoms with E-state index in [1.807, 2.05) is 6.07 Å². The Labute approximate surface area is 159 Å². The molecule has 0 saturated carbocycles. The summed E-state index contributed by atoms with van der Waals surface area (Å²) in [6.07, 6.45) is 0. The molecule has 0 saturated heterocycles. The molecule has 2 aromatic carbocycles. The quantitative estimate of drug-likeness (QED) is 0.585. The molecule has 3 rings (SSSR count). The number of ketones is 1. The van der Waals surface area contributed by atoms with Crippen LogP contribution in [0, 0.1) is 0 Å². The fourth-order valence-corrected chi connectivity index (χ4v) is 2.52. The zero-order valence-corrected chi connectivity index (χ0v) is 14.8. The van der Waals surface area contributed by atoms with Crippen molar-refractivity contribution in [2.75, 3.05) is 23.8 Å². The largest absolute Gasteiger partial charge is 0.470 e. The number of hydrogen-bond donors (Lipinski definition) is 2. The Morgan fingerprint density at radius 2 is 1.81 bits per heavy atom. The molecule has 2 aromatic rings. The third kappa shape index (κ3) is 4.86. The summed E-state index contributed by atoms with van der Waals surface area (Å²) in [6, 6.07) is 15.4. The highest BCUT2D eigenvalue weighted by atomic mass is 35.5. The van der Waals surface area contributed by atoms with Crippen molar-refractivity contribution in [3.8, 4) is 0 Å². The fourth-order valence-electron chi connectivity index (χ4n) is 2.33. The van der Waals surface area contributed by atoms with E-state index in [2.05, 4.69) is 10.6 Å². The SMILES string of the molecule is O=C(COC(=O)C1=C(Nc2ccccc2)OCC1=O)Nc1cccc(Cl)c1. The fraction of sp³-hybridized carbons (Fsp3) is 0.105. The van der Waals surface area contributed by atoms with E-state index in [0.717, 1.165) is 0 Å². The van der Waals surface area contributed by atoms with E-state index in [4.69, 9.17) is 21.1 Å². The maximum absolute atomic E-state index is 12.2. The van der Waals surface area contributed by atoms with Gasteiger partial charge in [-0.05, 0) is 30.3 Å². The molecule has 0 fully saturated rings. The van der Waals surface area contributed by atoms with E-state index in [0.29, 0.717) is 16.4 Å². The molecule has 2 N–H and O–H groups in total. The van der Waals surface area contributed by atoms with Crippen LogP contribution in [0.5, 0.6) is 0 Å². The lowest BCUT2D eigenvalue weighted by Gasteiger charge is -2.09. The van der Waals surface area contributed by atoms with Crippen LogP contribution in [-0.2, 0) is 23.9 Å². The van der Waals surface area contributed by atoms with Gasteiger partial charge in [0.25, 0.3) is 5.91 Å². The highest BCUT2D eigenvalue weighted by Crippen LogP contribution is 2.20. The lowest BCUT2D eigenvalue weighted by molar-refractivity contribution is -0.144. The molecule has 1 aliphatic rings. The lowest BCUT2D eigenvalue weighted by atomic mass is 10.2. The lowest BCUT2D eigenvalue weighted by Crippen LogP contribution is -2.23. The molecule has 0 radical (unpaired) electrons. The van der Waals surface area contributed by atoms with E-state index in [1.54, 1.807) is 48.5 Å². The number of para-hydroxylation sites is 1. The van der Waals surface area contributed by atoms with E-state index in [1.165, 1.54) is 0 Å². The van der Waals surface area contributed by atoms with Gasteiger partial charge in [-0.15, -0.1) is 0 Å². The number of carbonyl (C=O) groups is 3. The molecule has 1 amide bonds. The van der Waals surface area contributed by atoms with E-state index >= 15 is 0 Å². The first-order chi connectivity index (χ1) is 13.0. The first kappa shape index (κ1) is 18.5. The summed E-state index contributed by atoms with van der Waals surface area (Å²) in [4.78, 5) is 36.1. The number of amides is 1. The zero-order chi connectivity index (χ0) is 19.2. The van der Waals surface area contributed by atoms with Gasteiger partial charge in [0, 0.05) is 16.4 Å². The Hall–Kier alpha value is -3.32. The molecule has 138 valence electrons. The molecular weight excluding hydrogens is 372 g/mol. The second-order valence-electron chi connectivity index (χ2n) is 5.54. The third-order valence-corrected chi connectivity index (χ3v) is 3.77. The maximum atomic E-state index is 12.2. The van der Waals surface area contributed by atoms with Crippen LogP contribution in [0.25, 0.3) is 0 Å². The minimum absolute atomic E-state index is 0.00597. The van der Waals surface area contributed by atoms with E-state index < -0.39 is 24.3 Å². The number of benzene rings is 2. The number of Topliss-reactive ketones (excluding diaryl/α,β-unsaturated/α-hetero) is 1. The highest BCUT2D eigenvalue weighted by Gasteiger charge is 2.32. The standard InChI is InChI=1S/C19H15ClN2O5/c20-12-5-4-8-14(9-12)21-16(24)11-27-19(25)17-15(23)10-26-18(17)22-13-6-2-1-3-7-13/h1-9,22H,10-11H2,(H,21,24). The second-order valence-corrected chi connectivity index (χ2v) is 5.98. The van der Waals surface area contributed by atoms with Crippen molar-refractivity contribution >= 4 is 40.6 Å². The summed E-state index contributed by atoms with van der Waals surface area (Å²) in [5.41, 5.74) is 0.857. The molecule has 0 atom stereocenters. The van der Waals surface area contributed by atoms with Gasteiger partial charge in [0.15, 0.2) is 18.8 Å². The monoisotopic (exact) mass is 386 g/mol.